The number of esters is 1. The van der Waals surface area contributed by atoms with Crippen LogP contribution in [-0.2, 0) is 16.0 Å². The fourth-order valence-corrected chi connectivity index (χ4v) is 3.10. The predicted octanol–water partition coefficient (Wildman–Crippen LogP) is 2.66. The number of carbonyl (C=O) groups excluding carboxylic acids is 3. The average molecular weight is 384 g/mol. The van der Waals surface area contributed by atoms with Crippen molar-refractivity contribution < 1.29 is 23.9 Å². The summed E-state index contributed by atoms with van der Waals surface area (Å²) in [6, 6.07) is 10.1. The second kappa shape index (κ2) is 9.21. The maximum absolute atomic E-state index is 12.5. The first-order chi connectivity index (χ1) is 13.6. The van der Waals surface area contributed by atoms with Gasteiger partial charge in [-0.2, -0.15) is 0 Å². The fourth-order valence-electron chi connectivity index (χ4n) is 3.10. The number of aromatic amines is 1. The number of benzene rings is 1. The fraction of sp³-hybridized carbons (Fsp3) is 0.381. The lowest BCUT2D eigenvalue weighted by molar-refractivity contribution is -0.143. The van der Waals surface area contributed by atoms with Gasteiger partial charge in [-0.05, 0) is 55.5 Å². The van der Waals surface area contributed by atoms with Gasteiger partial charge in [0, 0.05) is 6.42 Å². The molecule has 1 aromatic heterocycles. The molecule has 28 heavy (non-hydrogen) atoms. The molecule has 0 unspecified atom stereocenters. The van der Waals surface area contributed by atoms with Crippen molar-refractivity contribution in [1.29, 1.82) is 0 Å². The second-order valence-corrected chi connectivity index (χ2v) is 6.75. The van der Waals surface area contributed by atoms with E-state index in [2.05, 4.69) is 10.3 Å². The van der Waals surface area contributed by atoms with Gasteiger partial charge in [0.1, 0.15) is 17.5 Å². The first-order valence-electron chi connectivity index (χ1n) is 9.39. The zero-order valence-corrected chi connectivity index (χ0v) is 15.8. The molecule has 4 rings (SSSR count). The number of ether oxygens (including phenoxy) is 2. The van der Waals surface area contributed by atoms with E-state index in [1.807, 2.05) is 24.3 Å². The van der Waals surface area contributed by atoms with Crippen LogP contribution >= 0.6 is 0 Å². The Balaban J connectivity index is 1.79. The number of aromatic nitrogens is 1. The zero-order valence-electron chi connectivity index (χ0n) is 15.8. The summed E-state index contributed by atoms with van der Waals surface area (Å²) in [6.45, 7) is 0.514. The molecule has 3 heterocycles. The van der Waals surface area contributed by atoms with Crippen molar-refractivity contribution in [3.8, 4) is 5.75 Å². The van der Waals surface area contributed by atoms with Gasteiger partial charge in [0.25, 0.3) is 5.91 Å². The van der Waals surface area contributed by atoms with Crippen molar-refractivity contribution in [2.75, 3.05) is 13.7 Å². The van der Waals surface area contributed by atoms with E-state index in [-0.39, 0.29) is 11.5 Å². The highest BCUT2D eigenvalue weighted by molar-refractivity contribution is 5.99. The number of nitrogens with one attached hydrogen (secondary N) is 2. The summed E-state index contributed by atoms with van der Waals surface area (Å²) in [4.78, 5) is 39.7. The summed E-state index contributed by atoms with van der Waals surface area (Å²) in [5, 5.41) is 2.68. The molecule has 7 nitrogen and oxygen atoms in total. The highest BCUT2D eigenvalue weighted by Crippen LogP contribution is 2.16. The molecule has 7 heteroatoms. The van der Waals surface area contributed by atoms with Crippen LogP contribution in [0.15, 0.2) is 36.4 Å². The summed E-state index contributed by atoms with van der Waals surface area (Å²) in [6.07, 6.45) is 2.79. The highest BCUT2D eigenvalue weighted by atomic mass is 16.5. The smallest absolute Gasteiger partial charge is 0.328 e. The lowest BCUT2D eigenvalue weighted by Gasteiger charge is -2.16. The Labute approximate surface area is 163 Å². The van der Waals surface area contributed by atoms with Gasteiger partial charge in [0.05, 0.1) is 19.4 Å². The van der Waals surface area contributed by atoms with Gasteiger partial charge >= 0.3 is 5.97 Å². The van der Waals surface area contributed by atoms with Crippen LogP contribution in [0.3, 0.4) is 0 Å². The summed E-state index contributed by atoms with van der Waals surface area (Å²) in [5.74, 6) is -0.253. The Morgan fingerprint density at radius 2 is 1.79 bits per heavy atom. The molecule has 0 radical (unpaired) electrons. The molecule has 2 aromatic rings. The molecule has 1 atom stereocenters. The maximum Gasteiger partial charge on any atom is 0.328 e. The molecule has 1 aromatic carbocycles. The van der Waals surface area contributed by atoms with Crippen LogP contribution < -0.4 is 10.1 Å². The first kappa shape index (κ1) is 19.7. The number of hydrogen-bond donors (Lipinski definition) is 2. The van der Waals surface area contributed by atoms with E-state index in [4.69, 9.17) is 9.47 Å². The number of rotatable bonds is 1. The number of methoxy groups -OCH3 is 1. The number of ketones is 1. The minimum absolute atomic E-state index is 0.0787. The number of aryl methyl sites for hydroxylation is 1. The molecule has 2 N–H and O–H groups in total. The average Bonchev–Trinajstić information content (AvgIpc) is 3.21. The number of Topliss-reactive ketones (excluding diaryl/α,β-unsaturated/α-hetero) is 1. The number of fused-ring (bicyclic) bond motifs is 11. The molecule has 0 fully saturated rings. The minimum Gasteiger partial charge on any atom is -0.494 e. The van der Waals surface area contributed by atoms with Crippen LogP contribution in [0.25, 0.3) is 0 Å². The van der Waals surface area contributed by atoms with Crippen LogP contribution in [0.2, 0.25) is 0 Å². The minimum atomic E-state index is -0.752. The quantitative estimate of drug-likeness (QED) is 0.737. The molecule has 2 aliphatic heterocycles. The van der Waals surface area contributed by atoms with Crippen LogP contribution in [-0.4, -0.2) is 42.4 Å². The van der Waals surface area contributed by atoms with Crippen LogP contribution in [0.4, 0.5) is 0 Å². The number of H-pyrrole nitrogens is 1. The van der Waals surface area contributed by atoms with E-state index in [0.717, 1.165) is 17.7 Å². The molecule has 0 aliphatic carbocycles. The zero-order chi connectivity index (χ0) is 19.9. The summed E-state index contributed by atoms with van der Waals surface area (Å²) < 4.78 is 10.5. The summed E-state index contributed by atoms with van der Waals surface area (Å²) in [5.41, 5.74) is 1.67. The molecule has 1 amide bonds. The van der Waals surface area contributed by atoms with Crippen molar-refractivity contribution in [3.63, 3.8) is 0 Å². The first-order valence-corrected chi connectivity index (χ1v) is 9.39. The van der Waals surface area contributed by atoms with Crippen molar-refractivity contribution in [3.05, 3.63) is 53.3 Å². The largest absolute Gasteiger partial charge is 0.494 e. The van der Waals surface area contributed by atoms with Gasteiger partial charge < -0.3 is 19.8 Å². The standard InChI is InChI=1S/C21H24N2O5/c1-27-21(26)18-4-2-3-13-28-15-8-5-14(6-9-15)7-12-19(24)16-10-11-17(22-16)20(25)23-18/h5-6,8-11,18,22H,2-4,7,12-13H2,1H3,(H,23,25)/t18-/m0/s1. The summed E-state index contributed by atoms with van der Waals surface area (Å²) >= 11 is 0. The third-order valence-electron chi connectivity index (χ3n) is 4.74. The van der Waals surface area contributed by atoms with E-state index < -0.39 is 17.9 Å². The number of amides is 1. The third kappa shape index (κ3) is 5.00. The van der Waals surface area contributed by atoms with E-state index in [1.165, 1.54) is 7.11 Å². The molecule has 148 valence electrons. The number of hydrogen-bond acceptors (Lipinski definition) is 5. The third-order valence-corrected chi connectivity index (χ3v) is 4.74. The van der Waals surface area contributed by atoms with Gasteiger partial charge in [0.15, 0.2) is 5.78 Å². The van der Waals surface area contributed by atoms with Crippen LogP contribution in [0, 0.1) is 0 Å². The van der Waals surface area contributed by atoms with E-state index in [0.29, 0.717) is 38.0 Å². The molecular formula is C21H24N2O5. The predicted molar refractivity (Wildman–Crippen MR) is 103 cm³/mol. The maximum atomic E-state index is 12.5. The van der Waals surface area contributed by atoms with Crippen LogP contribution in [0.1, 0.15) is 52.2 Å². The van der Waals surface area contributed by atoms with E-state index in [1.54, 1.807) is 12.1 Å². The normalized spacial score (nSPS) is 18.5. The lowest BCUT2D eigenvalue weighted by atomic mass is 10.1. The Morgan fingerprint density at radius 1 is 1.04 bits per heavy atom. The molecule has 0 saturated heterocycles. The summed E-state index contributed by atoms with van der Waals surface area (Å²) in [7, 11) is 1.29. The van der Waals surface area contributed by atoms with Gasteiger partial charge in [0.2, 0.25) is 0 Å². The Morgan fingerprint density at radius 3 is 2.54 bits per heavy atom. The molecule has 0 spiro atoms. The van der Waals surface area contributed by atoms with Crippen LogP contribution in [0.5, 0.6) is 5.75 Å². The van der Waals surface area contributed by atoms with Crippen molar-refractivity contribution in [2.24, 2.45) is 0 Å². The van der Waals surface area contributed by atoms with E-state index in [9.17, 15) is 14.4 Å². The van der Waals surface area contributed by atoms with Gasteiger partial charge in [-0.25, -0.2) is 4.79 Å². The molecular weight excluding hydrogens is 360 g/mol. The lowest BCUT2D eigenvalue weighted by Crippen LogP contribution is -2.41. The van der Waals surface area contributed by atoms with Gasteiger partial charge in [-0.15, -0.1) is 0 Å². The molecule has 2 aliphatic rings. The van der Waals surface area contributed by atoms with Crippen molar-refractivity contribution in [2.45, 2.75) is 38.1 Å². The van der Waals surface area contributed by atoms with Crippen molar-refractivity contribution >= 4 is 17.7 Å². The molecule has 0 saturated carbocycles. The highest BCUT2D eigenvalue weighted by Gasteiger charge is 2.23. The van der Waals surface area contributed by atoms with Crippen molar-refractivity contribution in [1.82, 2.24) is 10.3 Å². The number of carbonyl (C=O) groups is 3. The van der Waals surface area contributed by atoms with E-state index >= 15 is 0 Å². The Bertz CT molecular complexity index is 841. The SMILES string of the molecule is COC(=O)[C@@H]1CCCCOc2ccc(cc2)CCC(=O)c2ccc([nH]2)C(=O)N1. The second-order valence-electron chi connectivity index (χ2n) is 6.75. The van der Waals surface area contributed by atoms with Gasteiger partial charge in [-0.1, -0.05) is 12.1 Å². The molecule has 4 bridgehead atoms. The topological polar surface area (TPSA) is 97.5 Å². The Kier molecular flexibility index (Phi) is 6.47. The van der Waals surface area contributed by atoms with Gasteiger partial charge in [-0.3, -0.25) is 9.59 Å². The monoisotopic (exact) mass is 384 g/mol. The Hall–Kier alpha value is -3.09.